The maximum absolute atomic E-state index is 4.01. The lowest BCUT2D eigenvalue weighted by atomic mass is 10.1. The number of nitrogens with one attached hydrogen (secondary N) is 2. The molecule has 17 heavy (non-hydrogen) atoms. The van der Waals surface area contributed by atoms with Crippen LogP contribution in [-0.4, -0.2) is 49.2 Å². The van der Waals surface area contributed by atoms with Gasteiger partial charge in [-0.15, -0.1) is 0 Å². The first-order valence-corrected chi connectivity index (χ1v) is 6.41. The Morgan fingerprint density at radius 1 is 1.35 bits per heavy atom. The first-order valence-electron chi connectivity index (χ1n) is 6.41. The Morgan fingerprint density at radius 2 is 2.06 bits per heavy atom. The Morgan fingerprint density at radius 3 is 2.76 bits per heavy atom. The van der Waals surface area contributed by atoms with Gasteiger partial charge >= 0.3 is 0 Å². The molecule has 2 heterocycles. The molecule has 2 rings (SSSR count). The number of nitrogens with zero attached hydrogens (tertiary/aromatic N) is 2. The summed E-state index contributed by atoms with van der Waals surface area (Å²) in [5, 5.41) is 6.83. The van der Waals surface area contributed by atoms with E-state index >= 15 is 0 Å². The van der Waals surface area contributed by atoms with Crippen LogP contribution in [0.3, 0.4) is 0 Å². The van der Waals surface area contributed by atoms with E-state index < -0.39 is 0 Å². The van der Waals surface area contributed by atoms with Crippen molar-refractivity contribution >= 4 is 5.69 Å². The van der Waals surface area contributed by atoms with E-state index in [1.165, 1.54) is 19.6 Å². The molecule has 1 aliphatic rings. The lowest BCUT2D eigenvalue weighted by Crippen LogP contribution is -2.45. The first kappa shape index (κ1) is 12.3. The van der Waals surface area contributed by atoms with Crippen LogP contribution >= 0.6 is 0 Å². The number of aromatic nitrogens is 1. The maximum atomic E-state index is 4.01. The quantitative estimate of drug-likeness (QED) is 0.798. The van der Waals surface area contributed by atoms with E-state index in [4.69, 9.17) is 0 Å². The summed E-state index contributed by atoms with van der Waals surface area (Å²) in [6.45, 7) is 9.12. The molecule has 0 aromatic carbocycles. The fraction of sp³-hybridized carbons (Fsp3) is 0.615. The predicted molar refractivity (Wildman–Crippen MR) is 71.2 cm³/mol. The third kappa shape index (κ3) is 4.32. The molecule has 0 radical (unpaired) electrons. The summed E-state index contributed by atoms with van der Waals surface area (Å²) >= 11 is 0. The van der Waals surface area contributed by atoms with Crippen molar-refractivity contribution in [1.29, 1.82) is 0 Å². The average molecular weight is 234 g/mol. The fourth-order valence-electron chi connectivity index (χ4n) is 2.16. The molecular formula is C13H22N4. The van der Waals surface area contributed by atoms with Gasteiger partial charge in [-0.1, -0.05) is 6.92 Å². The minimum Gasteiger partial charge on any atom is -0.385 e. The molecule has 4 heteroatoms. The minimum absolute atomic E-state index is 0.668. The number of anilines is 1. The summed E-state index contributed by atoms with van der Waals surface area (Å²) in [4.78, 5) is 6.55. The summed E-state index contributed by atoms with van der Waals surface area (Å²) in [7, 11) is 0. The Kier molecular flexibility index (Phi) is 4.76. The van der Waals surface area contributed by atoms with Gasteiger partial charge in [-0.05, 0) is 18.1 Å². The van der Waals surface area contributed by atoms with Crippen molar-refractivity contribution in [2.24, 2.45) is 5.92 Å². The molecule has 1 aromatic heterocycles. The Hall–Kier alpha value is -1.13. The number of rotatable bonds is 5. The lowest BCUT2D eigenvalue weighted by molar-refractivity contribution is 0.215. The van der Waals surface area contributed by atoms with E-state index in [0.717, 1.165) is 25.3 Å². The molecular weight excluding hydrogens is 212 g/mol. The van der Waals surface area contributed by atoms with Crippen molar-refractivity contribution in [2.45, 2.75) is 6.92 Å². The molecule has 4 nitrogen and oxygen atoms in total. The fourth-order valence-corrected chi connectivity index (χ4v) is 2.16. The summed E-state index contributed by atoms with van der Waals surface area (Å²) in [5.41, 5.74) is 1.16. The SMILES string of the molecule is CC(CNc1ccncc1)CN1CCNCC1. The predicted octanol–water partition coefficient (Wildman–Crippen LogP) is 1.03. The van der Waals surface area contributed by atoms with Crippen molar-refractivity contribution < 1.29 is 0 Å². The van der Waals surface area contributed by atoms with Crippen LogP contribution in [0.5, 0.6) is 0 Å². The normalized spacial score (nSPS) is 18.9. The molecule has 1 saturated heterocycles. The molecule has 0 amide bonds. The van der Waals surface area contributed by atoms with Crippen LogP contribution in [0.15, 0.2) is 24.5 Å². The lowest BCUT2D eigenvalue weighted by Gasteiger charge is -2.29. The second-order valence-electron chi connectivity index (χ2n) is 4.77. The zero-order chi connectivity index (χ0) is 11.9. The molecule has 0 saturated carbocycles. The Labute approximate surface area is 103 Å². The summed E-state index contributed by atoms with van der Waals surface area (Å²) < 4.78 is 0. The van der Waals surface area contributed by atoms with Crippen molar-refractivity contribution in [2.75, 3.05) is 44.6 Å². The molecule has 1 unspecified atom stereocenters. The molecule has 0 spiro atoms. The molecule has 1 atom stereocenters. The summed E-state index contributed by atoms with van der Waals surface area (Å²) in [5.74, 6) is 0.668. The van der Waals surface area contributed by atoms with Gasteiger partial charge < -0.3 is 15.5 Å². The van der Waals surface area contributed by atoms with Crippen LogP contribution in [0.2, 0.25) is 0 Å². The van der Waals surface area contributed by atoms with Gasteiger partial charge in [0, 0.05) is 57.3 Å². The van der Waals surface area contributed by atoms with Gasteiger partial charge in [0.05, 0.1) is 0 Å². The van der Waals surface area contributed by atoms with Crippen LogP contribution in [0, 0.1) is 5.92 Å². The Balaban J connectivity index is 1.68. The van der Waals surface area contributed by atoms with E-state index in [1.54, 1.807) is 0 Å². The maximum Gasteiger partial charge on any atom is 0.0371 e. The number of piperazine rings is 1. The number of hydrogen-bond acceptors (Lipinski definition) is 4. The van der Waals surface area contributed by atoms with E-state index in [1.807, 2.05) is 24.5 Å². The first-order chi connectivity index (χ1) is 8.34. The number of pyridine rings is 1. The van der Waals surface area contributed by atoms with Gasteiger partial charge in [0.15, 0.2) is 0 Å². The smallest absolute Gasteiger partial charge is 0.0371 e. The van der Waals surface area contributed by atoms with Crippen molar-refractivity contribution in [3.8, 4) is 0 Å². The average Bonchev–Trinajstić information content (AvgIpc) is 2.39. The third-order valence-electron chi connectivity index (χ3n) is 3.11. The van der Waals surface area contributed by atoms with Crippen molar-refractivity contribution in [3.05, 3.63) is 24.5 Å². The van der Waals surface area contributed by atoms with Crippen molar-refractivity contribution in [3.63, 3.8) is 0 Å². The second-order valence-corrected chi connectivity index (χ2v) is 4.77. The molecule has 1 aliphatic heterocycles. The molecule has 0 aliphatic carbocycles. The van der Waals surface area contributed by atoms with Gasteiger partial charge in [0.2, 0.25) is 0 Å². The zero-order valence-corrected chi connectivity index (χ0v) is 10.5. The van der Waals surface area contributed by atoms with E-state index in [0.29, 0.717) is 5.92 Å². The van der Waals surface area contributed by atoms with Crippen LogP contribution < -0.4 is 10.6 Å². The standard InChI is InChI=1S/C13H22N4/c1-12(11-17-8-6-15-7-9-17)10-16-13-2-4-14-5-3-13/h2-5,12,15H,6-11H2,1H3,(H,14,16). The van der Waals surface area contributed by atoms with Gasteiger partial charge in [-0.25, -0.2) is 0 Å². The molecule has 1 fully saturated rings. The summed E-state index contributed by atoms with van der Waals surface area (Å²) in [6, 6.07) is 4.02. The van der Waals surface area contributed by atoms with E-state index in [-0.39, 0.29) is 0 Å². The van der Waals surface area contributed by atoms with Gasteiger partial charge in [0.25, 0.3) is 0 Å². The molecule has 1 aromatic rings. The highest BCUT2D eigenvalue weighted by atomic mass is 15.2. The monoisotopic (exact) mass is 234 g/mol. The van der Waals surface area contributed by atoms with Crippen LogP contribution in [0.4, 0.5) is 5.69 Å². The summed E-state index contributed by atoms with van der Waals surface area (Å²) in [6.07, 6.45) is 3.65. The highest BCUT2D eigenvalue weighted by Crippen LogP contribution is 2.06. The van der Waals surface area contributed by atoms with Crippen molar-refractivity contribution in [1.82, 2.24) is 15.2 Å². The zero-order valence-electron chi connectivity index (χ0n) is 10.5. The van der Waals surface area contributed by atoms with E-state index in [2.05, 4.69) is 27.4 Å². The van der Waals surface area contributed by atoms with E-state index in [9.17, 15) is 0 Å². The number of hydrogen-bond donors (Lipinski definition) is 2. The van der Waals surface area contributed by atoms with Crippen LogP contribution in [0.1, 0.15) is 6.92 Å². The van der Waals surface area contributed by atoms with Gasteiger partial charge in [-0.3, -0.25) is 4.98 Å². The minimum atomic E-state index is 0.668. The van der Waals surface area contributed by atoms with Crippen LogP contribution in [0.25, 0.3) is 0 Å². The van der Waals surface area contributed by atoms with Crippen LogP contribution in [-0.2, 0) is 0 Å². The van der Waals surface area contributed by atoms with Gasteiger partial charge in [-0.2, -0.15) is 0 Å². The molecule has 94 valence electrons. The molecule has 0 bridgehead atoms. The molecule has 2 N–H and O–H groups in total. The third-order valence-corrected chi connectivity index (χ3v) is 3.11. The van der Waals surface area contributed by atoms with Gasteiger partial charge in [0.1, 0.15) is 0 Å². The highest BCUT2D eigenvalue weighted by molar-refractivity contribution is 5.40. The highest BCUT2D eigenvalue weighted by Gasteiger charge is 2.12. The Bertz CT molecular complexity index is 308. The largest absolute Gasteiger partial charge is 0.385 e. The topological polar surface area (TPSA) is 40.2 Å². The second kappa shape index (κ2) is 6.57.